The Kier molecular flexibility index (Phi) is 6.12. The van der Waals surface area contributed by atoms with Crippen molar-refractivity contribution in [3.05, 3.63) is 46.0 Å². The topological polar surface area (TPSA) is 12.0 Å². The molecule has 0 bridgehead atoms. The summed E-state index contributed by atoms with van der Waals surface area (Å²) >= 11 is 3.56. The van der Waals surface area contributed by atoms with Gasteiger partial charge in [0.15, 0.2) is 0 Å². The highest BCUT2D eigenvalue weighted by molar-refractivity contribution is 9.10. The van der Waals surface area contributed by atoms with Crippen molar-refractivity contribution in [3.63, 3.8) is 0 Å². The number of rotatable bonds is 5. The number of nitrogens with one attached hydrogen (secondary N) is 1. The molecule has 0 spiro atoms. The molecule has 1 aliphatic rings. The second-order valence-corrected chi connectivity index (χ2v) is 6.24. The molecule has 1 aliphatic carbocycles. The molecule has 0 aromatic heterocycles. The Hall–Kier alpha value is -0.600. The fourth-order valence-electron chi connectivity index (χ4n) is 2.84. The van der Waals surface area contributed by atoms with Crippen LogP contribution in [0.4, 0.5) is 0 Å². The molecule has 0 saturated carbocycles. The first-order valence-electron chi connectivity index (χ1n) is 7.46. The molecule has 0 heterocycles. The number of hydrogen-bond acceptors (Lipinski definition) is 1. The van der Waals surface area contributed by atoms with Crippen LogP contribution in [0.5, 0.6) is 0 Å². The molecule has 1 unspecified atom stereocenters. The second kappa shape index (κ2) is 7.86. The molecular formula is C17H24BrN. The van der Waals surface area contributed by atoms with Crippen LogP contribution in [0.3, 0.4) is 0 Å². The standard InChI is InChI=1S/C17H24BrN/c1-2-19-17(15-9-5-3-4-6-10-15)13-14-8-7-11-16(18)12-14/h7-9,11-12,17,19H,2-6,10,13H2,1H3. The van der Waals surface area contributed by atoms with Gasteiger partial charge in [-0.05, 0) is 56.3 Å². The van der Waals surface area contributed by atoms with Crippen LogP contribution in [0.2, 0.25) is 0 Å². The van der Waals surface area contributed by atoms with Crippen molar-refractivity contribution >= 4 is 15.9 Å². The zero-order chi connectivity index (χ0) is 13.5. The van der Waals surface area contributed by atoms with E-state index in [9.17, 15) is 0 Å². The van der Waals surface area contributed by atoms with Crippen LogP contribution in [0.25, 0.3) is 0 Å². The third-order valence-corrected chi connectivity index (χ3v) is 4.30. The Balaban J connectivity index is 2.08. The molecule has 1 aromatic rings. The van der Waals surface area contributed by atoms with E-state index >= 15 is 0 Å². The Bertz CT molecular complexity index is 425. The molecule has 0 fully saturated rings. The molecule has 2 heteroatoms. The molecule has 1 aromatic carbocycles. The van der Waals surface area contributed by atoms with Gasteiger partial charge >= 0.3 is 0 Å². The maximum Gasteiger partial charge on any atom is 0.0319 e. The summed E-state index contributed by atoms with van der Waals surface area (Å²) in [6, 6.07) is 9.20. The summed E-state index contributed by atoms with van der Waals surface area (Å²) in [5.41, 5.74) is 3.03. The van der Waals surface area contributed by atoms with E-state index < -0.39 is 0 Å². The van der Waals surface area contributed by atoms with Gasteiger partial charge in [0.2, 0.25) is 0 Å². The highest BCUT2D eigenvalue weighted by atomic mass is 79.9. The summed E-state index contributed by atoms with van der Waals surface area (Å²) in [6.07, 6.45) is 10.2. The molecule has 19 heavy (non-hydrogen) atoms. The van der Waals surface area contributed by atoms with Gasteiger partial charge in [-0.3, -0.25) is 0 Å². The summed E-state index contributed by atoms with van der Waals surface area (Å²) in [5, 5.41) is 3.66. The molecular weight excluding hydrogens is 298 g/mol. The quantitative estimate of drug-likeness (QED) is 0.763. The Morgan fingerprint density at radius 3 is 2.95 bits per heavy atom. The molecule has 1 N–H and O–H groups in total. The Morgan fingerprint density at radius 2 is 2.16 bits per heavy atom. The van der Waals surface area contributed by atoms with Gasteiger partial charge < -0.3 is 5.32 Å². The lowest BCUT2D eigenvalue weighted by Gasteiger charge is -2.21. The van der Waals surface area contributed by atoms with Crippen molar-refractivity contribution in [1.82, 2.24) is 5.32 Å². The number of likely N-dealkylation sites (N-methyl/N-ethyl adjacent to an activating group) is 1. The van der Waals surface area contributed by atoms with Gasteiger partial charge in [0.05, 0.1) is 0 Å². The van der Waals surface area contributed by atoms with Crippen LogP contribution in [0, 0.1) is 0 Å². The predicted molar refractivity (Wildman–Crippen MR) is 86.5 cm³/mol. The van der Waals surface area contributed by atoms with Gasteiger partial charge in [0.1, 0.15) is 0 Å². The Labute approximate surface area is 125 Å². The smallest absolute Gasteiger partial charge is 0.0319 e. The van der Waals surface area contributed by atoms with Crippen LogP contribution in [0.15, 0.2) is 40.4 Å². The molecule has 0 amide bonds. The maximum atomic E-state index is 3.66. The van der Waals surface area contributed by atoms with E-state index in [1.807, 2.05) is 0 Å². The zero-order valence-electron chi connectivity index (χ0n) is 11.8. The first kappa shape index (κ1) is 14.8. The molecule has 1 nitrogen and oxygen atoms in total. The van der Waals surface area contributed by atoms with Crippen LogP contribution in [0.1, 0.15) is 44.6 Å². The van der Waals surface area contributed by atoms with Crippen molar-refractivity contribution in [3.8, 4) is 0 Å². The van der Waals surface area contributed by atoms with E-state index in [4.69, 9.17) is 0 Å². The lowest BCUT2D eigenvalue weighted by Crippen LogP contribution is -2.33. The van der Waals surface area contributed by atoms with Gasteiger partial charge in [-0.15, -0.1) is 0 Å². The molecule has 2 rings (SSSR count). The summed E-state index contributed by atoms with van der Waals surface area (Å²) in [7, 11) is 0. The Morgan fingerprint density at radius 1 is 1.26 bits per heavy atom. The minimum Gasteiger partial charge on any atom is -0.310 e. The average Bonchev–Trinajstić information content (AvgIpc) is 2.67. The van der Waals surface area contributed by atoms with Gasteiger partial charge in [0, 0.05) is 10.5 Å². The molecule has 0 aliphatic heterocycles. The first-order chi connectivity index (χ1) is 9.29. The van der Waals surface area contributed by atoms with Crippen molar-refractivity contribution in [2.24, 2.45) is 0 Å². The highest BCUT2D eigenvalue weighted by Crippen LogP contribution is 2.23. The third-order valence-electron chi connectivity index (χ3n) is 3.80. The van der Waals surface area contributed by atoms with Gasteiger partial charge in [-0.25, -0.2) is 0 Å². The molecule has 104 valence electrons. The van der Waals surface area contributed by atoms with E-state index in [0.29, 0.717) is 6.04 Å². The van der Waals surface area contributed by atoms with E-state index in [2.05, 4.69) is 58.5 Å². The van der Waals surface area contributed by atoms with Crippen molar-refractivity contribution in [1.29, 1.82) is 0 Å². The minimum absolute atomic E-state index is 0.511. The van der Waals surface area contributed by atoms with Crippen molar-refractivity contribution < 1.29 is 0 Å². The van der Waals surface area contributed by atoms with Crippen LogP contribution in [-0.4, -0.2) is 12.6 Å². The molecule has 0 saturated heterocycles. The summed E-state index contributed by atoms with van der Waals surface area (Å²) in [4.78, 5) is 0. The van der Waals surface area contributed by atoms with E-state index in [0.717, 1.165) is 13.0 Å². The maximum absolute atomic E-state index is 3.66. The molecule has 1 atom stereocenters. The number of halogens is 1. The number of allylic oxidation sites excluding steroid dienone is 1. The van der Waals surface area contributed by atoms with Crippen LogP contribution < -0.4 is 5.32 Å². The summed E-state index contributed by atoms with van der Waals surface area (Å²) < 4.78 is 1.18. The summed E-state index contributed by atoms with van der Waals surface area (Å²) in [6.45, 7) is 3.24. The summed E-state index contributed by atoms with van der Waals surface area (Å²) in [5.74, 6) is 0. The SMILES string of the molecule is CCNC(Cc1cccc(Br)c1)C1=CCCCCC1. The largest absolute Gasteiger partial charge is 0.310 e. The van der Waals surface area contributed by atoms with E-state index in [1.54, 1.807) is 5.57 Å². The minimum atomic E-state index is 0.511. The van der Waals surface area contributed by atoms with Gasteiger partial charge in [-0.1, -0.05) is 53.1 Å². The normalized spacial score (nSPS) is 17.7. The fraction of sp³-hybridized carbons (Fsp3) is 0.529. The lowest BCUT2D eigenvalue weighted by molar-refractivity contribution is 0.562. The average molecular weight is 322 g/mol. The van der Waals surface area contributed by atoms with Gasteiger partial charge in [-0.2, -0.15) is 0 Å². The van der Waals surface area contributed by atoms with Crippen molar-refractivity contribution in [2.45, 2.75) is 51.5 Å². The van der Waals surface area contributed by atoms with E-state index in [1.165, 1.54) is 42.1 Å². The van der Waals surface area contributed by atoms with Gasteiger partial charge in [0.25, 0.3) is 0 Å². The first-order valence-corrected chi connectivity index (χ1v) is 8.25. The van der Waals surface area contributed by atoms with Crippen LogP contribution >= 0.6 is 15.9 Å². The monoisotopic (exact) mass is 321 g/mol. The predicted octanol–water partition coefficient (Wildman–Crippen LogP) is 4.86. The van der Waals surface area contributed by atoms with Crippen LogP contribution in [-0.2, 0) is 6.42 Å². The van der Waals surface area contributed by atoms with Crippen molar-refractivity contribution in [2.75, 3.05) is 6.54 Å². The zero-order valence-corrected chi connectivity index (χ0v) is 13.4. The molecule has 0 radical (unpaired) electrons. The third kappa shape index (κ3) is 4.77. The highest BCUT2D eigenvalue weighted by Gasteiger charge is 2.15. The number of hydrogen-bond donors (Lipinski definition) is 1. The fourth-order valence-corrected chi connectivity index (χ4v) is 3.28. The lowest BCUT2D eigenvalue weighted by atomic mass is 9.95. The second-order valence-electron chi connectivity index (χ2n) is 5.32. The van der Waals surface area contributed by atoms with E-state index in [-0.39, 0.29) is 0 Å². The number of benzene rings is 1.